The van der Waals surface area contributed by atoms with Crippen molar-refractivity contribution in [3.8, 4) is 0 Å². The zero-order chi connectivity index (χ0) is 15.7. The molecule has 2 heterocycles. The van der Waals surface area contributed by atoms with E-state index in [4.69, 9.17) is 11.6 Å². The third-order valence-corrected chi connectivity index (χ3v) is 3.24. The molecule has 1 amide bonds. The lowest BCUT2D eigenvalue weighted by molar-refractivity contribution is -0.115. The van der Waals surface area contributed by atoms with E-state index in [1.807, 2.05) is 0 Å². The summed E-state index contributed by atoms with van der Waals surface area (Å²) in [6.45, 7) is 0. The molecule has 3 aromatic rings. The number of rotatable bonds is 3. The van der Waals surface area contributed by atoms with Crippen molar-refractivity contribution in [1.82, 2.24) is 9.38 Å². The molecule has 112 valence electrons. The van der Waals surface area contributed by atoms with Gasteiger partial charge in [-0.05, 0) is 24.3 Å². The van der Waals surface area contributed by atoms with E-state index in [9.17, 15) is 13.6 Å². The zero-order valence-corrected chi connectivity index (χ0v) is 11.9. The Morgan fingerprint density at radius 2 is 2.05 bits per heavy atom. The summed E-state index contributed by atoms with van der Waals surface area (Å²) in [5.74, 6) is -1.97. The molecular weight excluding hydrogens is 312 g/mol. The van der Waals surface area contributed by atoms with Crippen LogP contribution in [-0.2, 0) is 11.2 Å². The lowest BCUT2D eigenvalue weighted by Crippen LogP contribution is -2.15. The van der Waals surface area contributed by atoms with E-state index in [2.05, 4.69) is 10.3 Å². The Morgan fingerprint density at radius 1 is 1.23 bits per heavy atom. The highest BCUT2D eigenvalue weighted by Gasteiger charge is 2.11. The molecule has 2 aromatic heterocycles. The van der Waals surface area contributed by atoms with E-state index in [0.29, 0.717) is 22.4 Å². The van der Waals surface area contributed by atoms with Crippen molar-refractivity contribution in [3.05, 3.63) is 65.1 Å². The number of amides is 1. The average molecular weight is 322 g/mol. The Morgan fingerprint density at radius 3 is 2.82 bits per heavy atom. The van der Waals surface area contributed by atoms with Crippen LogP contribution in [0.5, 0.6) is 0 Å². The number of carbonyl (C=O) groups excluding carboxylic acids is 1. The molecule has 4 nitrogen and oxygen atoms in total. The largest absolute Gasteiger partial charge is 0.323 e. The van der Waals surface area contributed by atoms with Crippen LogP contribution in [0.15, 0.2) is 42.7 Å². The number of hydrogen-bond acceptors (Lipinski definition) is 2. The van der Waals surface area contributed by atoms with Gasteiger partial charge in [-0.2, -0.15) is 0 Å². The molecule has 22 heavy (non-hydrogen) atoms. The fraction of sp³-hybridized carbons (Fsp3) is 0.0667. The fourth-order valence-electron chi connectivity index (χ4n) is 2.05. The number of aromatic nitrogens is 2. The second-order valence-corrected chi connectivity index (χ2v) is 5.13. The fourth-order valence-corrected chi connectivity index (χ4v) is 2.22. The SMILES string of the molecule is O=C(Cc1cn2cc(Cl)ccc2n1)Nc1ccc(F)cc1F. The highest BCUT2D eigenvalue weighted by Crippen LogP contribution is 2.16. The molecule has 3 rings (SSSR count). The van der Waals surface area contributed by atoms with Gasteiger partial charge in [0.15, 0.2) is 0 Å². The second kappa shape index (κ2) is 5.73. The van der Waals surface area contributed by atoms with Gasteiger partial charge in [0.1, 0.15) is 17.3 Å². The molecule has 0 unspecified atom stereocenters. The Labute approximate surface area is 129 Å². The monoisotopic (exact) mass is 321 g/mol. The van der Waals surface area contributed by atoms with Crippen molar-refractivity contribution in [2.24, 2.45) is 0 Å². The average Bonchev–Trinajstić information content (AvgIpc) is 2.83. The maximum atomic E-state index is 13.5. The normalized spacial score (nSPS) is 10.9. The van der Waals surface area contributed by atoms with Gasteiger partial charge in [0, 0.05) is 18.5 Å². The Kier molecular flexibility index (Phi) is 3.77. The number of benzene rings is 1. The van der Waals surface area contributed by atoms with Crippen LogP contribution >= 0.6 is 11.6 Å². The number of pyridine rings is 1. The van der Waals surface area contributed by atoms with Crippen molar-refractivity contribution < 1.29 is 13.6 Å². The minimum Gasteiger partial charge on any atom is -0.323 e. The number of nitrogens with one attached hydrogen (secondary N) is 1. The number of fused-ring (bicyclic) bond motifs is 1. The van der Waals surface area contributed by atoms with Gasteiger partial charge < -0.3 is 9.72 Å². The van der Waals surface area contributed by atoms with Gasteiger partial charge in [-0.25, -0.2) is 13.8 Å². The molecule has 7 heteroatoms. The molecule has 0 atom stereocenters. The van der Waals surface area contributed by atoms with E-state index in [1.165, 1.54) is 6.07 Å². The summed E-state index contributed by atoms with van der Waals surface area (Å²) < 4.78 is 28.0. The molecule has 0 radical (unpaired) electrons. The number of nitrogens with zero attached hydrogens (tertiary/aromatic N) is 2. The first-order chi connectivity index (χ1) is 10.5. The molecule has 1 N–H and O–H groups in total. The highest BCUT2D eigenvalue weighted by molar-refractivity contribution is 6.30. The minimum atomic E-state index is -0.824. The van der Waals surface area contributed by atoms with E-state index < -0.39 is 17.5 Å². The number of carbonyl (C=O) groups is 1. The van der Waals surface area contributed by atoms with Gasteiger partial charge in [-0.3, -0.25) is 4.79 Å². The summed E-state index contributed by atoms with van der Waals surface area (Å²) >= 11 is 5.87. The maximum Gasteiger partial charge on any atom is 0.230 e. The van der Waals surface area contributed by atoms with Crippen molar-refractivity contribution in [2.75, 3.05) is 5.32 Å². The van der Waals surface area contributed by atoms with E-state index in [0.717, 1.165) is 6.07 Å². The Bertz CT molecular complexity index is 863. The number of hydrogen-bond donors (Lipinski definition) is 1. The molecular formula is C15H10ClF2N3O. The summed E-state index contributed by atoms with van der Waals surface area (Å²) in [5.41, 5.74) is 1.10. The zero-order valence-electron chi connectivity index (χ0n) is 11.2. The first-order valence-electron chi connectivity index (χ1n) is 6.39. The van der Waals surface area contributed by atoms with Crippen LogP contribution < -0.4 is 5.32 Å². The number of halogens is 3. The van der Waals surface area contributed by atoms with Crippen molar-refractivity contribution >= 4 is 28.8 Å². The van der Waals surface area contributed by atoms with Gasteiger partial charge in [0.25, 0.3) is 0 Å². The molecule has 1 aromatic carbocycles. The predicted octanol–water partition coefficient (Wildman–Crippen LogP) is 3.45. The first kappa shape index (κ1) is 14.5. The third kappa shape index (κ3) is 3.07. The molecule has 0 saturated heterocycles. The van der Waals surface area contributed by atoms with Crippen LogP contribution in [0.25, 0.3) is 5.65 Å². The lowest BCUT2D eigenvalue weighted by atomic mass is 10.2. The summed E-state index contributed by atoms with van der Waals surface area (Å²) in [7, 11) is 0. The van der Waals surface area contributed by atoms with Crippen LogP contribution in [0.4, 0.5) is 14.5 Å². The number of anilines is 1. The van der Waals surface area contributed by atoms with Crippen molar-refractivity contribution in [1.29, 1.82) is 0 Å². The maximum absolute atomic E-state index is 13.5. The minimum absolute atomic E-state index is 0.0316. The van der Waals surface area contributed by atoms with Gasteiger partial charge in [-0.15, -0.1) is 0 Å². The van der Waals surface area contributed by atoms with Crippen molar-refractivity contribution in [2.45, 2.75) is 6.42 Å². The van der Waals surface area contributed by atoms with Gasteiger partial charge in [-0.1, -0.05) is 11.6 Å². The molecule has 0 aliphatic carbocycles. The predicted molar refractivity (Wildman–Crippen MR) is 78.9 cm³/mol. The van der Waals surface area contributed by atoms with Crippen LogP contribution in [0.1, 0.15) is 5.69 Å². The van der Waals surface area contributed by atoms with Crippen LogP contribution in [0, 0.1) is 11.6 Å². The Balaban J connectivity index is 1.75. The quantitative estimate of drug-likeness (QED) is 0.803. The summed E-state index contributed by atoms with van der Waals surface area (Å²) in [5, 5.41) is 2.94. The smallest absolute Gasteiger partial charge is 0.230 e. The summed E-state index contributed by atoms with van der Waals surface area (Å²) in [6, 6.07) is 6.38. The van der Waals surface area contributed by atoms with E-state index in [1.54, 1.807) is 28.9 Å². The summed E-state index contributed by atoms with van der Waals surface area (Å²) in [6.07, 6.45) is 3.31. The number of imidazole rings is 1. The van der Waals surface area contributed by atoms with Crippen LogP contribution in [0.2, 0.25) is 5.02 Å². The van der Waals surface area contributed by atoms with Crippen LogP contribution in [0.3, 0.4) is 0 Å². The van der Waals surface area contributed by atoms with Crippen LogP contribution in [-0.4, -0.2) is 15.3 Å². The second-order valence-electron chi connectivity index (χ2n) is 4.69. The summed E-state index contributed by atoms with van der Waals surface area (Å²) in [4.78, 5) is 16.2. The topological polar surface area (TPSA) is 46.4 Å². The highest BCUT2D eigenvalue weighted by atomic mass is 35.5. The standard InChI is InChI=1S/C15H10ClF2N3O/c16-9-1-4-14-19-11(8-21(14)7-9)6-15(22)20-13-3-2-10(17)5-12(13)18/h1-5,7-8H,6H2,(H,20,22). The van der Waals surface area contributed by atoms with Gasteiger partial charge in [0.2, 0.25) is 5.91 Å². The molecule has 0 aliphatic rings. The first-order valence-corrected chi connectivity index (χ1v) is 6.77. The lowest BCUT2D eigenvalue weighted by Gasteiger charge is -2.05. The molecule has 0 spiro atoms. The molecule has 0 saturated carbocycles. The molecule has 0 aliphatic heterocycles. The van der Waals surface area contributed by atoms with E-state index in [-0.39, 0.29) is 12.1 Å². The van der Waals surface area contributed by atoms with E-state index >= 15 is 0 Å². The molecule has 0 fully saturated rings. The Hall–Kier alpha value is -2.47. The third-order valence-electron chi connectivity index (χ3n) is 3.01. The van der Waals surface area contributed by atoms with Gasteiger partial charge >= 0.3 is 0 Å². The van der Waals surface area contributed by atoms with Crippen molar-refractivity contribution in [3.63, 3.8) is 0 Å². The molecule has 0 bridgehead atoms. The van der Waals surface area contributed by atoms with Gasteiger partial charge in [0.05, 0.1) is 22.8 Å².